The summed E-state index contributed by atoms with van der Waals surface area (Å²) in [5.74, 6) is -1.98. The first-order chi connectivity index (χ1) is 15.9. The van der Waals surface area contributed by atoms with E-state index in [1.807, 2.05) is 48.5 Å². The van der Waals surface area contributed by atoms with Crippen molar-refractivity contribution < 1.29 is 29.0 Å². The molecule has 8 heteroatoms. The normalized spacial score (nSPS) is 13.8. The minimum absolute atomic E-state index is 0.0632. The van der Waals surface area contributed by atoms with Crippen molar-refractivity contribution in [3.8, 4) is 11.1 Å². The Bertz CT molecular complexity index is 976. The molecule has 174 valence electrons. The Morgan fingerprint density at radius 2 is 1.70 bits per heavy atom. The average Bonchev–Trinajstić information content (AvgIpc) is 3.13. The van der Waals surface area contributed by atoms with Gasteiger partial charge in [0.1, 0.15) is 12.6 Å². The molecular formula is C25H28N2O6. The van der Waals surface area contributed by atoms with E-state index in [0.29, 0.717) is 6.61 Å². The summed E-state index contributed by atoms with van der Waals surface area (Å²) in [6.45, 7) is 5.86. The fourth-order valence-corrected chi connectivity index (χ4v) is 3.82. The Morgan fingerprint density at radius 1 is 1.09 bits per heavy atom. The molecule has 33 heavy (non-hydrogen) atoms. The molecule has 0 bridgehead atoms. The Kier molecular flexibility index (Phi) is 8.21. The molecule has 2 aromatic rings. The van der Waals surface area contributed by atoms with Crippen LogP contribution < -0.4 is 10.6 Å². The summed E-state index contributed by atoms with van der Waals surface area (Å²) in [4.78, 5) is 36.1. The fourth-order valence-electron chi connectivity index (χ4n) is 3.82. The van der Waals surface area contributed by atoms with Gasteiger partial charge >= 0.3 is 12.1 Å². The lowest BCUT2D eigenvalue weighted by Gasteiger charge is -2.20. The summed E-state index contributed by atoms with van der Waals surface area (Å²) in [5.41, 5.74) is 4.30. The molecule has 0 saturated heterocycles. The van der Waals surface area contributed by atoms with Crippen LogP contribution in [0.1, 0.15) is 30.4 Å². The van der Waals surface area contributed by atoms with Crippen LogP contribution in [-0.4, -0.2) is 55.0 Å². The van der Waals surface area contributed by atoms with Gasteiger partial charge in [-0.25, -0.2) is 4.79 Å². The van der Waals surface area contributed by atoms with Crippen molar-refractivity contribution in [2.75, 3.05) is 19.8 Å². The summed E-state index contributed by atoms with van der Waals surface area (Å²) >= 11 is 0. The largest absolute Gasteiger partial charge is 0.481 e. The third kappa shape index (κ3) is 6.20. The van der Waals surface area contributed by atoms with Gasteiger partial charge in [-0.05, 0) is 29.2 Å². The molecule has 0 heterocycles. The highest BCUT2D eigenvalue weighted by Gasteiger charge is 2.30. The van der Waals surface area contributed by atoms with Gasteiger partial charge in [0.2, 0.25) is 5.91 Å². The van der Waals surface area contributed by atoms with Crippen LogP contribution in [0.25, 0.3) is 11.1 Å². The first kappa shape index (κ1) is 24.0. The summed E-state index contributed by atoms with van der Waals surface area (Å²) in [6.07, 6.45) is -0.136. The quantitative estimate of drug-likeness (QED) is 0.452. The summed E-state index contributed by atoms with van der Waals surface area (Å²) in [6, 6.07) is 14.6. The molecule has 3 N–H and O–H groups in total. The van der Waals surface area contributed by atoms with Gasteiger partial charge in [-0.1, -0.05) is 54.6 Å². The monoisotopic (exact) mass is 452 g/mol. The standard InChI is InChI=1S/C25H28N2O6/c1-3-12-32-16(2)14-26-24(30)22(13-23(28)29)27-25(31)33-15-21-19-10-6-4-8-17(19)18-9-5-7-11-20(18)21/h3-11,16,21-22H,1,12-15H2,2H3,(H,26,30)(H,27,31)(H,28,29). The third-order valence-corrected chi connectivity index (χ3v) is 5.39. The highest BCUT2D eigenvalue weighted by molar-refractivity contribution is 5.89. The summed E-state index contributed by atoms with van der Waals surface area (Å²) in [7, 11) is 0. The van der Waals surface area contributed by atoms with Crippen molar-refractivity contribution in [2.24, 2.45) is 0 Å². The van der Waals surface area contributed by atoms with Crippen molar-refractivity contribution >= 4 is 18.0 Å². The number of alkyl carbamates (subject to hydrolysis) is 1. The van der Waals surface area contributed by atoms with Crippen LogP contribution in [0.5, 0.6) is 0 Å². The molecule has 0 aromatic heterocycles. The zero-order chi connectivity index (χ0) is 23.8. The molecule has 2 amide bonds. The Hall–Kier alpha value is -3.65. The first-order valence-electron chi connectivity index (χ1n) is 10.7. The fraction of sp³-hybridized carbons (Fsp3) is 0.320. The Labute approximate surface area is 192 Å². The zero-order valence-electron chi connectivity index (χ0n) is 18.5. The maximum absolute atomic E-state index is 12.5. The van der Waals surface area contributed by atoms with Crippen LogP contribution in [0.15, 0.2) is 61.2 Å². The smallest absolute Gasteiger partial charge is 0.407 e. The maximum Gasteiger partial charge on any atom is 0.407 e. The van der Waals surface area contributed by atoms with Crippen molar-refractivity contribution in [3.63, 3.8) is 0 Å². The number of benzene rings is 2. The first-order valence-corrected chi connectivity index (χ1v) is 10.7. The van der Waals surface area contributed by atoms with E-state index in [2.05, 4.69) is 17.2 Å². The van der Waals surface area contributed by atoms with Crippen LogP contribution in [0.2, 0.25) is 0 Å². The van der Waals surface area contributed by atoms with Gasteiger partial charge < -0.3 is 25.2 Å². The average molecular weight is 453 g/mol. The number of aliphatic carboxylic acids is 1. The number of carbonyl (C=O) groups is 3. The molecule has 2 atom stereocenters. The predicted octanol–water partition coefficient (Wildman–Crippen LogP) is 3.08. The van der Waals surface area contributed by atoms with E-state index in [4.69, 9.17) is 14.6 Å². The number of carboxylic acid groups (broad SMARTS) is 1. The predicted molar refractivity (Wildman–Crippen MR) is 123 cm³/mol. The molecule has 0 radical (unpaired) electrons. The van der Waals surface area contributed by atoms with Gasteiger partial charge in [0.25, 0.3) is 0 Å². The third-order valence-electron chi connectivity index (χ3n) is 5.39. The van der Waals surface area contributed by atoms with E-state index >= 15 is 0 Å². The minimum atomic E-state index is -1.27. The van der Waals surface area contributed by atoms with Gasteiger partial charge in [0.05, 0.1) is 19.1 Å². The lowest BCUT2D eigenvalue weighted by atomic mass is 9.98. The second-order valence-corrected chi connectivity index (χ2v) is 7.80. The molecule has 3 rings (SSSR count). The molecule has 1 aliphatic rings. The van der Waals surface area contributed by atoms with E-state index in [0.717, 1.165) is 22.3 Å². The van der Waals surface area contributed by atoms with Crippen molar-refractivity contribution in [1.82, 2.24) is 10.6 Å². The highest BCUT2D eigenvalue weighted by Crippen LogP contribution is 2.44. The molecule has 2 unspecified atom stereocenters. The van der Waals surface area contributed by atoms with Gasteiger partial charge in [0.15, 0.2) is 0 Å². The number of rotatable bonds is 11. The van der Waals surface area contributed by atoms with Crippen LogP contribution in [0.3, 0.4) is 0 Å². The second kappa shape index (κ2) is 11.3. The molecule has 8 nitrogen and oxygen atoms in total. The summed E-state index contributed by atoms with van der Waals surface area (Å²) < 4.78 is 10.8. The molecule has 2 aromatic carbocycles. The Balaban J connectivity index is 1.60. The number of hydrogen-bond donors (Lipinski definition) is 3. The molecule has 1 aliphatic carbocycles. The van der Waals surface area contributed by atoms with Crippen LogP contribution in [-0.2, 0) is 19.1 Å². The number of amides is 2. The van der Waals surface area contributed by atoms with Gasteiger partial charge in [-0.15, -0.1) is 6.58 Å². The van der Waals surface area contributed by atoms with E-state index < -0.39 is 30.4 Å². The Morgan fingerprint density at radius 3 is 2.27 bits per heavy atom. The van der Waals surface area contributed by atoms with Crippen LogP contribution in [0.4, 0.5) is 4.79 Å². The summed E-state index contributed by atoms with van der Waals surface area (Å²) in [5, 5.41) is 14.1. The van der Waals surface area contributed by atoms with Crippen molar-refractivity contribution in [2.45, 2.75) is 31.4 Å². The molecule has 0 spiro atoms. The minimum Gasteiger partial charge on any atom is -0.481 e. The number of nitrogens with one attached hydrogen (secondary N) is 2. The number of fused-ring (bicyclic) bond motifs is 3. The highest BCUT2D eigenvalue weighted by atomic mass is 16.5. The molecule has 0 saturated carbocycles. The van der Waals surface area contributed by atoms with E-state index in [9.17, 15) is 14.4 Å². The maximum atomic E-state index is 12.5. The van der Waals surface area contributed by atoms with Gasteiger partial charge in [-0.3, -0.25) is 9.59 Å². The van der Waals surface area contributed by atoms with Crippen molar-refractivity contribution in [1.29, 1.82) is 0 Å². The number of ether oxygens (including phenoxy) is 2. The SMILES string of the molecule is C=CCOC(C)CNC(=O)C(CC(=O)O)NC(=O)OCC1c2ccccc2-c2ccccc21. The topological polar surface area (TPSA) is 114 Å². The lowest BCUT2D eigenvalue weighted by Crippen LogP contribution is -2.49. The zero-order valence-corrected chi connectivity index (χ0v) is 18.5. The molecular weight excluding hydrogens is 424 g/mol. The number of carboxylic acids is 1. The van der Waals surface area contributed by atoms with E-state index in [1.165, 1.54) is 0 Å². The van der Waals surface area contributed by atoms with Crippen molar-refractivity contribution in [3.05, 3.63) is 72.3 Å². The second-order valence-electron chi connectivity index (χ2n) is 7.80. The van der Waals surface area contributed by atoms with E-state index in [-0.39, 0.29) is 25.2 Å². The van der Waals surface area contributed by atoms with Gasteiger partial charge in [0, 0.05) is 12.5 Å². The van der Waals surface area contributed by atoms with Crippen LogP contribution >= 0.6 is 0 Å². The number of carbonyl (C=O) groups excluding carboxylic acids is 2. The molecule has 0 fully saturated rings. The van der Waals surface area contributed by atoms with E-state index in [1.54, 1.807) is 13.0 Å². The number of hydrogen-bond acceptors (Lipinski definition) is 5. The lowest BCUT2D eigenvalue weighted by molar-refractivity contribution is -0.139. The molecule has 0 aliphatic heterocycles. The van der Waals surface area contributed by atoms with Crippen LogP contribution in [0, 0.1) is 0 Å². The van der Waals surface area contributed by atoms with Gasteiger partial charge in [-0.2, -0.15) is 0 Å².